The van der Waals surface area contributed by atoms with Crippen molar-refractivity contribution in [3.8, 4) is 0 Å². The number of carbonyl (C=O) groups is 1. The van der Waals surface area contributed by atoms with Crippen molar-refractivity contribution in [1.82, 2.24) is 15.5 Å². The summed E-state index contributed by atoms with van der Waals surface area (Å²) in [5, 5.41) is 6.65. The van der Waals surface area contributed by atoms with Crippen LogP contribution >= 0.6 is 0 Å². The minimum Gasteiger partial charge on any atom is -0.385 e. The summed E-state index contributed by atoms with van der Waals surface area (Å²) in [6, 6.07) is 0.407. The average molecular weight is 396 g/mol. The molecule has 0 aromatic heterocycles. The minimum atomic E-state index is 0.154. The first kappa shape index (κ1) is 23.5. The second kappa shape index (κ2) is 12.7. The molecule has 2 rings (SSSR count). The Morgan fingerprint density at radius 1 is 1.18 bits per heavy atom. The van der Waals surface area contributed by atoms with E-state index in [9.17, 15) is 4.79 Å². The van der Waals surface area contributed by atoms with Gasteiger partial charge in [-0.3, -0.25) is 0 Å². The Labute approximate surface area is 173 Å². The van der Waals surface area contributed by atoms with Gasteiger partial charge in [-0.1, -0.05) is 51.9 Å². The fourth-order valence-corrected chi connectivity index (χ4v) is 5.20. The number of unbranched alkanes of at least 4 members (excludes halogenated alkanes) is 2. The fourth-order valence-electron chi connectivity index (χ4n) is 5.20. The van der Waals surface area contributed by atoms with E-state index < -0.39 is 0 Å². The van der Waals surface area contributed by atoms with Crippen molar-refractivity contribution in [2.75, 3.05) is 40.4 Å². The second-order valence-electron chi connectivity index (χ2n) is 9.58. The zero-order chi connectivity index (χ0) is 20.2. The van der Waals surface area contributed by atoms with Crippen molar-refractivity contribution < 1.29 is 9.53 Å². The number of nitrogens with zero attached hydrogens (tertiary/aromatic N) is 1. The highest BCUT2D eigenvalue weighted by Gasteiger charge is 2.33. The molecule has 28 heavy (non-hydrogen) atoms. The summed E-state index contributed by atoms with van der Waals surface area (Å²) in [6.45, 7) is 5.90. The van der Waals surface area contributed by atoms with Crippen LogP contribution in [0.2, 0.25) is 0 Å². The van der Waals surface area contributed by atoms with E-state index in [2.05, 4.69) is 22.5 Å². The van der Waals surface area contributed by atoms with Gasteiger partial charge in [0, 0.05) is 39.4 Å². The third-order valence-corrected chi connectivity index (χ3v) is 6.82. The lowest BCUT2D eigenvalue weighted by molar-refractivity contribution is 0.105. The highest BCUT2D eigenvalue weighted by Crippen LogP contribution is 2.35. The number of likely N-dealkylation sites (N-methyl/N-ethyl adjacent to an activating group) is 1. The molecule has 0 radical (unpaired) electrons. The second-order valence-corrected chi connectivity index (χ2v) is 9.58. The molecular formula is C23H45N3O2. The van der Waals surface area contributed by atoms with Crippen molar-refractivity contribution in [1.29, 1.82) is 0 Å². The Balaban J connectivity index is 1.79. The van der Waals surface area contributed by atoms with Gasteiger partial charge in [-0.05, 0) is 50.5 Å². The van der Waals surface area contributed by atoms with Crippen LogP contribution < -0.4 is 10.6 Å². The van der Waals surface area contributed by atoms with Gasteiger partial charge in [-0.15, -0.1) is 0 Å². The molecular weight excluding hydrogens is 350 g/mol. The van der Waals surface area contributed by atoms with E-state index in [-0.39, 0.29) is 17.5 Å². The number of nitrogens with one attached hydrogen (secondary N) is 2. The number of amides is 2. The maximum Gasteiger partial charge on any atom is 0.317 e. The molecule has 0 aromatic carbocycles. The Hall–Kier alpha value is -0.810. The van der Waals surface area contributed by atoms with Crippen LogP contribution in [0, 0.1) is 11.3 Å². The van der Waals surface area contributed by atoms with Gasteiger partial charge in [-0.25, -0.2) is 4.79 Å². The van der Waals surface area contributed by atoms with Crippen LogP contribution in [-0.2, 0) is 4.74 Å². The summed E-state index contributed by atoms with van der Waals surface area (Å²) in [6.07, 6.45) is 15.1. The number of ether oxygens (including phenoxy) is 1. The molecule has 2 N–H and O–H groups in total. The van der Waals surface area contributed by atoms with Crippen molar-refractivity contribution >= 4 is 6.03 Å². The number of hydrogen-bond acceptors (Lipinski definition) is 3. The van der Waals surface area contributed by atoms with Crippen molar-refractivity contribution in [2.24, 2.45) is 11.3 Å². The Bertz CT molecular complexity index is 440. The zero-order valence-corrected chi connectivity index (χ0v) is 18.7. The number of carbonyl (C=O) groups excluding carboxylic acids is 1. The first-order valence-corrected chi connectivity index (χ1v) is 11.8. The Morgan fingerprint density at radius 2 is 1.96 bits per heavy atom. The third-order valence-electron chi connectivity index (χ3n) is 6.82. The first-order valence-electron chi connectivity index (χ1n) is 11.8. The van der Waals surface area contributed by atoms with Crippen molar-refractivity contribution in [3.63, 3.8) is 0 Å². The largest absolute Gasteiger partial charge is 0.385 e. The number of likely N-dealkylation sites (tertiary alicyclic amines) is 1. The molecule has 0 spiro atoms. The van der Waals surface area contributed by atoms with E-state index in [1.54, 1.807) is 7.11 Å². The highest BCUT2D eigenvalue weighted by atomic mass is 16.5. The molecule has 1 saturated heterocycles. The fraction of sp³-hybridized carbons (Fsp3) is 0.957. The average Bonchev–Trinajstić information content (AvgIpc) is 2.69. The lowest BCUT2D eigenvalue weighted by atomic mass is 9.77. The summed E-state index contributed by atoms with van der Waals surface area (Å²) in [7, 11) is 3.76. The molecule has 164 valence electrons. The van der Waals surface area contributed by atoms with E-state index in [1.165, 1.54) is 57.8 Å². The summed E-state index contributed by atoms with van der Waals surface area (Å²) in [5.41, 5.74) is 0.268. The molecule has 0 bridgehead atoms. The maximum atomic E-state index is 13.0. The quantitative estimate of drug-likeness (QED) is 0.504. The number of hydrogen-bond donors (Lipinski definition) is 2. The number of methoxy groups -OCH3 is 1. The van der Waals surface area contributed by atoms with Gasteiger partial charge in [0.05, 0.1) is 0 Å². The molecule has 2 amide bonds. The molecule has 2 aliphatic rings. The predicted octanol–water partition coefficient (Wildman–Crippen LogP) is 4.56. The lowest BCUT2D eigenvalue weighted by Crippen LogP contribution is -2.53. The maximum absolute atomic E-state index is 13.0. The van der Waals surface area contributed by atoms with Crippen LogP contribution in [0.3, 0.4) is 0 Å². The predicted molar refractivity (Wildman–Crippen MR) is 117 cm³/mol. The zero-order valence-electron chi connectivity index (χ0n) is 18.7. The molecule has 2 fully saturated rings. The number of piperidine rings is 1. The van der Waals surface area contributed by atoms with Gasteiger partial charge < -0.3 is 20.3 Å². The van der Waals surface area contributed by atoms with Crippen LogP contribution in [-0.4, -0.2) is 57.4 Å². The van der Waals surface area contributed by atoms with Gasteiger partial charge in [0.15, 0.2) is 0 Å². The van der Waals surface area contributed by atoms with Gasteiger partial charge >= 0.3 is 6.03 Å². The molecule has 1 aliphatic heterocycles. The van der Waals surface area contributed by atoms with Crippen LogP contribution in [0.1, 0.15) is 84.0 Å². The standard InChI is InChI=1S/C23H45N3O2/c1-23(13-8-5-9-16-28-3)14-10-15-26(19-23)22(27)25-21(18-24-2)17-20-11-6-4-7-12-20/h20-21,24H,4-19H2,1-3H3,(H,25,27)/t21-,23+/m0/s1. The smallest absolute Gasteiger partial charge is 0.317 e. The summed E-state index contributed by atoms with van der Waals surface area (Å²) in [5.74, 6) is 0.783. The monoisotopic (exact) mass is 395 g/mol. The summed E-state index contributed by atoms with van der Waals surface area (Å²) in [4.78, 5) is 15.1. The molecule has 5 heteroatoms. The van der Waals surface area contributed by atoms with E-state index in [0.29, 0.717) is 0 Å². The lowest BCUT2D eigenvalue weighted by Gasteiger charge is -2.41. The third kappa shape index (κ3) is 8.28. The van der Waals surface area contributed by atoms with Crippen LogP contribution in [0.15, 0.2) is 0 Å². The SMILES string of the molecule is CNC[C@H](CC1CCCCC1)NC(=O)N1CCC[C@@](C)(CCCCCOC)C1. The van der Waals surface area contributed by atoms with Gasteiger partial charge in [0.2, 0.25) is 0 Å². The number of urea groups is 1. The van der Waals surface area contributed by atoms with Gasteiger partial charge in [0.25, 0.3) is 0 Å². The molecule has 2 atom stereocenters. The number of rotatable bonds is 11. The summed E-state index contributed by atoms with van der Waals surface area (Å²) < 4.78 is 5.15. The Kier molecular flexibility index (Phi) is 10.6. The van der Waals surface area contributed by atoms with Gasteiger partial charge in [0.1, 0.15) is 0 Å². The van der Waals surface area contributed by atoms with Crippen molar-refractivity contribution in [3.05, 3.63) is 0 Å². The van der Waals surface area contributed by atoms with E-state index in [1.807, 2.05) is 7.05 Å². The van der Waals surface area contributed by atoms with Crippen molar-refractivity contribution in [2.45, 2.75) is 90.0 Å². The topological polar surface area (TPSA) is 53.6 Å². The molecule has 5 nitrogen and oxygen atoms in total. The molecule has 0 aromatic rings. The molecule has 1 aliphatic carbocycles. The summed E-state index contributed by atoms with van der Waals surface area (Å²) >= 11 is 0. The normalized spacial score (nSPS) is 24.9. The van der Waals surface area contributed by atoms with Gasteiger partial charge in [-0.2, -0.15) is 0 Å². The highest BCUT2D eigenvalue weighted by molar-refractivity contribution is 5.74. The molecule has 1 heterocycles. The van der Waals surface area contributed by atoms with E-state index >= 15 is 0 Å². The van der Waals surface area contributed by atoms with E-state index in [4.69, 9.17) is 4.74 Å². The minimum absolute atomic E-state index is 0.154. The molecule has 1 saturated carbocycles. The van der Waals surface area contributed by atoms with Crippen LogP contribution in [0.5, 0.6) is 0 Å². The van der Waals surface area contributed by atoms with Crippen LogP contribution in [0.25, 0.3) is 0 Å². The van der Waals surface area contributed by atoms with E-state index in [0.717, 1.165) is 51.4 Å². The van der Waals surface area contributed by atoms with Crippen LogP contribution in [0.4, 0.5) is 4.79 Å². The first-order chi connectivity index (χ1) is 13.6. The molecule has 0 unspecified atom stereocenters. The Morgan fingerprint density at radius 3 is 2.68 bits per heavy atom.